The van der Waals surface area contributed by atoms with Crippen LogP contribution in [0.25, 0.3) is 11.0 Å². The van der Waals surface area contributed by atoms with E-state index in [-0.39, 0.29) is 24.5 Å². The van der Waals surface area contributed by atoms with Gasteiger partial charge in [-0.05, 0) is 43.2 Å². The minimum Gasteiger partial charge on any atom is -0.508 e. The standard InChI is InChI=1S/C20H19NO5/c1-12-16-7-6-14(22)11-18(16)26-20(24)17(12)8-9-19(23)21-13-4-3-5-15(10-13)25-2/h3-7,10-11,22H,8-9H2,1-2H3,(H,21,23). The summed E-state index contributed by atoms with van der Waals surface area (Å²) in [5, 5.41) is 13.0. The van der Waals surface area contributed by atoms with Gasteiger partial charge in [0.2, 0.25) is 5.91 Å². The maximum atomic E-state index is 12.2. The molecule has 0 saturated heterocycles. The van der Waals surface area contributed by atoms with E-state index in [1.165, 1.54) is 12.1 Å². The van der Waals surface area contributed by atoms with Gasteiger partial charge in [0.05, 0.1) is 7.11 Å². The van der Waals surface area contributed by atoms with Gasteiger partial charge in [-0.25, -0.2) is 4.79 Å². The minimum absolute atomic E-state index is 0.0328. The Bertz CT molecular complexity index is 1020. The zero-order valence-corrected chi connectivity index (χ0v) is 14.5. The molecule has 3 aromatic rings. The lowest BCUT2D eigenvalue weighted by molar-refractivity contribution is -0.116. The summed E-state index contributed by atoms with van der Waals surface area (Å²) in [4.78, 5) is 24.4. The quantitative estimate of drug-likeness (QED) is 0.687. The number of benzene rings is 2. The highest BCUT2D eigenvalue weighted by Gasteiger charge is 2.13. The molecule has 6 heteroatoms. The molecule has 134 valence electrons. The van der Waals surface area contributed by atoms with Crippen molar-refractivity contribution in [2.75, 3.05) is 12.4 Å². The first-order valence-corrected chi connectivity index (χ1v) is 8.17. The Labute approximate surface area is 150 Å². The van der Waals surface area contributed by atoms with Gasteiger partial charge in [-0.15, -0.1) is 0 Å². The number of phenolic OH excluding ortho intramolecular Hbond substituents is 1. The number of amides is 1. The fourth-order valence-electron chi connectivity index (χ4n) is 2.83. The molecule has 0 bridgehead atoms. The molecule has 1 amide bonds. The van der Waals surface area contributed by atoms with Crippen LogP contribution in [0.3, 0.4) is 0 Å². The van der Waals surface area contributed by atoms with E-state index in [0.29, 0.717) is 22.6 Å². The third-order valence-electron chi connectivity index (χ3n) is 4.23. The first-order valence-electron chi connectivity index (χ1n) is 8.17. The molecule has 0 spiro atoms. The molecule has 2 aromatic carbocycles. The van der Waals surface area contributed by atoms with E-state index in [0.717, 1.165) is 10.9 Å². The van der Waals surface area contributed by atoms with Crippen LogP contribution < -0.4 is 15.7 Å². The number of nitrogens with one attached hydrogen (secondary N) is 1. The number of rotatable bonds is 5. The summed E-state index contributed by atoms with van der Waals surface area (Å²) in [6.45, 7) is 1.81. The van der Waals surface area contributed by atoms with E-state index in [4.69, 9.17) is 9.15 Å². The summed E-state index contributed by atoms with van der Waals surface area (Å²) >= 11 is 0. The highest BCUT2D eigenvalue weighted by atomic mass is 16.5. The van der Waals surface area contributed by atoms with Crippen LogP contribution in [0.5, 0.6) is 11.5 Å². The van der Waals surface area contributed by atoms with Crippen molar-refractivity contribution in [2.24, 2.45) is 0 Å². The first kappa shape index (κ1) is 17.5. The first-order chi connectivity index (χ1) is 12.5. The van der Waals surface area contributed by atoms with E-state index in [1.807, 2.05) is 6.92 Å². The molecule has 0 aliphatic rings. The summed E-state index contributed by atoms with van der Waals surface area (Å²) in [6.07, 6.45) is 0.410. The molecule has 0 unspecified atom stereocenters. The summed E-state index contributed by atoms with van der Waals surface area (Å²) in [5.41, 5.74) is 1.69. The van der Waals surface area contributed by atoms with E-state index in [1.54, 1.807) is 37.4 Å². The monoisotopic (exact) mass is 353 g/mol. The van der Waals surface area contributed by atoms with Crippen molar-refractivity contribution in [3.63, 3.8) is 0 Å². The number of aromatic hydroxyl groups is 1. The molecule has 1 heterocycles. The minimum atomic E-state index is -0.491. The maximum absolute atomic E-state index is 12.2. The molecule has 0 atom stereocenters. The van der Waals surface area contributed by atoms with E-state index < -0.39 is 5.63 Å². The number of hydrogen-bond donors (Lipinski definition) is 2. The molecular weight excluding hydrogens is 334 g/mol. The highest BCUT2D eigenvalue weighted by Crippen LogP contribution is 2.24. The van der Waals surface area contributed by atoms with Gasteiger partial charge in [0.25, 0.3) is 0 Å². The summed E-state index contributed by atoms with van der Waals surface area (Å²) in [7, 11) is 1.56. The Balaban J connectivity index is 1.75. The van der Waals surface area contributed by atoms with Gasteiger partial charge in [-0.1, -0.05) is 6.07 Å². The van der Waals surface area contributed by atoms with Crippen LogP contribution in [0, 0.1) is 6.92 Å². The van der Waals surface area contributed by atoms with Crippen molar-refractivity contribution in [3.8, 4) is 11.5 Å². The molecule has 0 aliphatic carbocycles. The molecule has 0 saturated carbocycles. The molecule has 26 heavy (non-hydrogen) atoms. The molecule has 6 nitrogen and oxygen atoms in total. The summed E-state index contributed by atoms with van der Waals surface area (Å²) < 4.78 is 10.4. The van der Waals surface area contributed by atoms with E-state index in [9.17, 15) is 14.7 Å². The van der Waals surface area contributed by atoms with Crippen molar-refractivity contribution >= 4 is 22.6 Å². The van der Waals surface area contributed by atoms with Crippen LogP contribution in [-0.4, -0.2) is 18.1 Å². The van der Waals surface area contributed by atoms with E-state index >= 15 is 0 Å². The SMILES string of the molecule is COc1cccc(NC(=O)CCc2c(C)c3ccc(O)cc3oc2=O)c1. The average Bonchev–Trinajstić information content (AvgIpc) is 2.61. The number of phenols is 1. The lowest BCUT2D eigenvalue weighted by Gasteiger charge is -2.09. The van der Waals surface area contributed by atoms with Gasteiger partial charge in [-0.2, -0.15) is 0 Å². The number of fused-ring (bicyclic) bond motifs is 1. The number of ether oxygens (including phenoxy) is 1. The molecular formula is C20H19NO5. The van der Waals surface area contributed by atoms with Gasteiger partial charge in [0.15, 0.2) is 0 Å². The number of methoxy groups -OCH3 is 1. The highest BCUT2D eigenvalue weighted by molar-refractivity contribution is 5.91. The second-order valence-corrected chi connectivity index (χ2v) is 5.95. The lowest BCUT2D eigenvalue weighted by Crippen LogP contribution is -2.16. The van der Waals surface area contributed by atoms with Crippen molar-refractivity contribution in [3.05, 3.63) is 64.0 Å². The zero-order chi connectivity index (χ0) is 18.7. The Hall–Kier alpha value is -3.28. The molecule has 2 N–H and O–H groups in total. The number of aryl methyl sites for hydroxylation is 1. The third-order valence-corrected chi connectivity index (χ3v) is 4.23. The number of carbonyl (C=O) groups excluding carboxylic acids is 1. The number of anilines is 1. The van der Waals surface area contributed by atoms with Gasteiger partial charge in [0, 0.05) is 35.2 Å². The second kappa shape index (κ2) is 7.31. The fraction of sp³-hybridized carbons (Fsp3) is 0.200. The molecule has 0 aliphatic heterocycles. The largest absolute Gasteiger partial charge is 0.508 e. The Morgan fingerprint density at radius 2 is 2.04 bits per heavy atom. The van der Waals surface area contributed by atoms with Crippen LogP contribution in [0.4, 0.5) is 5.69 Å². The number of carbonyl (C=O) groups is 1. The zero-order valence-electron chi connectivity index (χ0n) is 14.5. The Kier molecular flexibility index (Phi) is 4.93. The smallest absolute Gasteiger partial charge is 0.339 e. The van der Waals surface area contributed by atoms with Crippen molar-refractivity contribution in [2.45, 2.75) is 19.8 Å². The van der Waals surface area contributed by atoms with Crippen molar-refractivity contribution in [1.29, 1.82) is 0 Å². The lowest BCUT2D eigenvalue weighted by atomic mass is 10.0. The molecule has 0 fully saturated rings. The molecule has 0 radical (unpaired) electrons. The topological polar surface area (TPSA) is 88.8 Å². The average molecular weight is 353 g/mol. The predicted octanol–water partition coefficient (Wildman–Crippen LogP) is 3.39. The maximum Gasteiger partial charge on any atom is 0.339 e. The third kappa shape index (κ3) is 3.69. The van der Waals surface area contributed by atoms with Crippen molar-refractivity contribution < 1.29 is 19.1 Å². The van der Waals surface area contributed by atoms with Crippen LogP contribution in [0.15, 0.2) is 51.7 Å². The van der Waals surface area contributed by atoms with Gasteiger partial charge >= 0.3 is 5.63 Å². The summed E-state index contributed by atoms with van der Waals surface area (Å²) in [5.74, 6) is 0.477. The molecule has 3 rings (SSSR count). The van der Waals surface area contributed by atoms with Gasteiger partial charge in [0.1, 0.15) is 17.1 Å². The van der Waals surface area contributed by atoms with E-state index in [2.05, 4.69) is 5.32 Å². The fourth-order valence-corrected chi connectivity index (χ4v) is 2.83. The van der Waals surface area contributed by atoms with Gasteiger partial charge < -0.3 is 19.6 Å². The second-order valence-electron chi connectivity index (χ2n) is 5.95. The predicted molar refractivity (Wildman–Crippen MR) is 98.8 cm³/mol. The Morgan fingerprint density at radius 1 is 1.23 bits per heavy atom. The molecule has 1 aromatic heterocycles. The van der Waals surface area contributed by atoms with Crippen molar-refractivity contribution in [1.82, 2.24) is 0 Å². The van der Waals surface area contributed by atoms with Crippen LogP contribution in [-0.2, 0) is 11.2 Å². The van der Waals surface area contributed by atoms with Gasteiger partial charge in [-0.3, -0.25) is 4.79 Å². The normalized spacial score (nSPS) is 10.7. The summed E-state index contributed by atoms with van der Waals surface area (Å²) in [6, 6.07) is 11.7. The number of hydrogen-bond acceptors (Lipinski definition) is 5. The van der Waals surface area contributed by atoms with Crippen LogP contribution in [0.1, 0.15) is 17.5 Å². The Morgan fingerprint density at radius 3 is 2.81 bits per heavy atom. The van der Waals surface area contributed by atoms with Crippen LogP contribution >= 0.6 is 0 Å². The van der Waals surface area contributed by atoms with Crippen LogP contribution in [0.2, 0.25) is 0 Å².